The molecule has 2 rings (SSSR count). The summed E-state index contributed by atoms with van der Waals surface area (Å²) in [6.45, 7) is 2.01. The number of alkyl halides is 3. The van der Waals surface area contributed by atoms with Gasteiger partial charge in [0.1, 0.15) is 5.75 Å². The van der Waals surface area contributed by atoms with Crippen LogP contribution in [0.15, 0.2) is 18.2 Å². The van der Waals surface area contributed by atoms with Crippen LogP contribution in [0.5, 0.6) is 5.75 Å². The zero-order chi connectivity index (χ0) is 14.9. The van der Waals surface area contributed by atoms with Gasteiger partial charge in [-0.25, -0.2) is 0 Å². The molecule has 0 aromatic heterocycles. The molecule has 0 bridgehead atoms. The average Bonchev–Trinajstić information content (AvgIpc) is 2.37. The summed E-state index contributed by atoms with van der Waals surface area (Å²) in [4.78, 5) is 23.9. The fraction of sp³-hybridized carbons (Fsp3) is 0.333. The quantitative estimate of drug-likeness (QED) is 0.904. The molecule has 1 aliphatic heterocycles. The number of nitrogens with one attached hydrogen (secondary N) is 1. The molecule has 0 spiro atoms. The molecule has 0 aliphatic carbocycles. The summed E-state index contributed by atoms with van der Waals surface area (Å²) in [6.07, 6.45) is -4.96. The molecule has 0 radical (unpaired) electrons. The van der Waals surface area contributed by atoms with Crippen molar-refractivity contribution >= 4 is 23.2 Å². The van der Waals surface area contributed by atoms with Gasteiger partial charge in [0.05, 0.1) is 5.69 Å². The Balaban J connectivity index is 2.25. The minimum atomic E-state index is -4.96. The molecule has 0 saturated heterocycles. The van der Waals surface area contributed by atoms with Crippen LogP contribution in [0.25, 0.3) is 0 Å². The zero-order valence-electron chi connectivity index (χ0n) is 10.5. The second-order valence-corrected chi connectivity index (χ2v) is 4.06. The van der Waals surface area contributed by atoms with Gasteiger partial charge < -0.3 is 15.0 Å². The number of hydrogen-bond donors (Lipinski definition) is 1. The maximum absolute atomic E-state index is 12.1. The Labute approximate surface area is 112 Å². The molecular weight excluding hydrogens is 277 g/mol. The highest BCUT2D eigenvalue weighted by molar-refractivity contribution is 5.99. The Morgan fingerprint density at radius 2 is 2.15 bits per heavy atom. The first-order chi connectivity index (χ1) is 9.32. The Morgan fingerprint density at radius 1 is 1.45 bits per heavy atom. The van der Waals surface area contributed by atoms with E-state index < -0.39 is 12.1 Å². The molecule has 20 heavy (non-hydrogen) atoms. The molecule has 0 saturated carbocycles. The van der Waals surface area contributed by atoms with Crippen molar-refractivity contribution in [3.8, 4) is 5.75 Å². The summed E-state index contributed by atoms with van der Waals surface area (Å²) in [5.74, 6) is -2.03. The van der Waals surface area contributed by atoms with Gasteiger partial charge in [-0.1, -0.05) is 0 Å². The molecule has 1 aromatic rings. The van der Waals surface area contributed by atoms with Gasteiger partial charge in [-0.15, -0.1) is 0 Å². The van der Waals surface area contributed by atoms with Gasteiger partial charge in [0.25, 0.3) is 5.91 Å². The highest BCUT2D eigenvalue weighted by Gasteiger charge is 2.38. The van der Waals surface area contributed by atoms with Crippen LogP contribution >= 0.6 is 0 Å². The maximum Gasteiger partial charge on any atom is 0.471 e. The van der Waals surface area contributed by atoms with E-state index in [9.17, 15) is 22.8 Å². The monoisotopic (exact) mass is 288 g/mol. The summed E-state index contributed by atoms with van der Waals surface area (Å²) < 4.78 is 41.6. The first-order valence-electron chi connectivity index (χ1n) is 5.78. The van der Waals surface area contributed by atoms with E-state index in [0.717, 1.165) is 0 Å². The third kappa shape index (κ3) is 2.68. The lowest BCUT2D eigenvalue weighted by Gasteiger charge is -2.28. The number of likely N-dealkylation sites (N-methyl/N-ethyl adjacent to an activating group) is 1. The van der Waals surface area contributed by atoms with Crippen molar-refractivity contribution in [3.63, 3.8) is 0 Å². The number of carbonyl (C=O) groups is 2. The van der Waals surface area contributed by atoms with Gasteiger partial charge in [0.2, 0.25) is 0 Å². The Hall–Kier alpha value is -2.25. The highest BCUT2D eigenvalue weighted by atomic mass is 19.4. The summed E-state index contributed by atoms with van der Waals surface area (Å²) in [7, 11) is 0. The van der Waals surface area contributed by atoms with Crippen molar-refractivity contribution in [1.29, 1.82) is 0 Å². The van der Waals surface area contributed by atoms with Crippen LogP contribution in [-0.2, 0) is 9.59 Å². The van der Waals surface area contributed by atoms with Gasteiger partial charge in [-0.3, -0.25) is 9.59 Å². The third-order valence-electron chi connectivity index (χ3n) is 2.73. The number of benzene rings is 1. The van der Waals surface area contributed by atoms with E-state index in [2.05, 4.69) is 0 Å². The second-order valence-electron chi connectivity index (χ2n) is 4.06. The van der Waals surface area contributed by atoms with E-state index in [1.807, 2.05) is 0 Å². The molecule has 8 heteroatoms. The Morgan fingerprint density at radius 3 is 2.75 bits per heavy atom. The molecule has 1 N–H and O–H groups in total. The third-order valence-corrected chi connectivity index (χ3v) is 2.73. The lowest BCUT2D eigenvalue weighted by Crippen LogP contribution is -2.38. The average molecular weight is 288 g/mol. The Kier molecular flexibility index (Phi) is 3.56. The first kappa shape index (κ1) is 14.2. The van der Waals surface area contributed by atoms with Crippen molar-refractivity contribution in [1.82, 2.24) is 0 Å². The lowest BCUT2D eigenvalue weighted by atomic mass is 10.2. The predicted octanol–water partition coefficient (Wildman–Crippen LogP) is 1.93. The fourth-order valence-corrected chi connectivity index (χ4v) is 1.83. The number of rotatable bonds is 2. The standard InChI is InChI=1S/C12H11F3N2O3/c1-2-17-8-4-3-7(16-11(19)12(13,14)15)5-9(8)20-6-10(17)18/h3-5H,2,6H2,1H3,(H,16,19). The number of nitrogens with zero attached hydrogens (tertiary/aromatic N) is 1. The summed E-state index contributed by atoms with van der Waals surface area (Å²) >= 11 is 0. The van der Waals surface area contributed by atoms with Crippen molar-refractivity contribution in [2.45, 2.75) is 13.1 Å². The summed E-state index contributed by atoms with van der Waals surface area (Å²) in [5, 5.41) is 1.73. The van der Waals surface area contributed by atoms with E-state index in [4.69, 9.17) is 4.74 Å². The number of fused-ring (bicyclic) bond motifs is 1. The van der Waals surface area contributed by atoms with E-state index >= 15 is 0 Å². The Bertz CT molecular complexity index is 557. The van der Waals surface area contributed by atoms with Gasteiger partial charge in [-0.2, -0.15) is 13.2 Å². The van der Waals surface area contributed by atoms with E-state index in [1.165, 1.54) is 23.1 Å². The number of ether oxygens (including phenoxy) is 1. The molecule has 0 unspecified atom stereocenters. The van der Waals surface area contributed by atoms with Gasteiger partial charge >= 0.3 is 12.1 Å². The van der Waals surface area contributed by atoms with Crippen molar-refractivity contribution in [3.05, 3.63) is 18.2 Å². The van der Waals surface area contributed by atoms with Gasteiger partial charge in [-0.05, 0) is 19.1 Å². The van der Waals surface area contributed by atoms with Crippen LogP contribution in [0.2, 0.25) is 0 Å². The van der Waals surface area contributed by atoms with Gasteiger partial charge in [0, 0.05) is 18.3 Å². The van der Waals surface area contributed by atoms with Crippen LogP contribution in [-0.4, -0.2) is 31.1 Å². The number of halogens is 3. The maximum atomic E-state index is 12.1. The summed E-state index contributed by atoms with van der Waals surface area (Å²) in [6, 6.07) is 3.98. The van der Waals surface area contributed by atoms with Gasteiger partial charge in [0.15, 0.2) is 6.61 Å². The predicted molar refractivity (Wildman–Crippen MR) is 64.6 cm³/mol. The van der Waals surface area contributed by atoms with Crippen molar-refractivity contribution in [2.24, 2.45) is 0 Å². The van der Waals surface area contributed by atoms with E-state index in [0.29, 0.717) is 12.2 Å². The van der Waals surface area contributed by atoms with E-state index in [-0.39, 0.29) is 24.0 Å². The molecular formula is C12H11F3N2O3. The lowest BCUT2D eigenvalue weighted by molar-refractivity contribution is -0.167. The second kappa shape index (κ2) is 5.03. The van der Waals surface area contributed by atoms with Crippen LogP contribution in [0.3, 0.4) is 0 Å². The molecule has 0 atom stereocenters. The minimum absolute atomic E-state index is 0.0449. The van der Waals surface area contributed by atoms with Crippen molar-refractivity contribution in [2.75, 3.05) is 23.4 Å². The number of hydrogen-bond acceptors (Lipinski definition) is 3. The highest BCUT2D eigenvalue weighted by Crippen LogP contribution is 2.34. The molecule has 1 aromatic carbocycles. The fourth-order valence-electron chi connectivity index (χ4n) is 1.83. The number of carbonyl (C=O) groups excluding carboxylic acids is 2. The van der Waals surface area contributed by atoms with Crippen LogP contribution in [0, 0.1) is 0 Å². The largest absolute Gasteiger partial charge is 0.481 e. The molecule has 0 fully saturated rings. The van der Waals surface area contributed by atoms with Crippen LogP contribution in [0.1, 0.15) is 6.92 Å². The molecule has 2 amide bonds. The summed E-state index contributed by atoms with van der Waals surface area (Å²) in [5.41, 5.74) is 0.422. The SMILES string of the molecule is CCN1C(=O)COc2cc(NC(=O)C(F)(F)F)ccc21. The van der Waals surface area contributed by atoms with Crippen LogP contribution in [0.4, 0.5) is 24.5 Å². The zero-order valence-corrected chi connectivity index (χ0v) is 10.5. The normalized spacial score (nSPS) is 14.6. The minimum Gasteiger partial charge on any atom is -0.481 e. The van der Waals surface area contributed by atoms with E-state index in [1.54, 1.807) is 12.2 Å². The topological polar surface area (TPSA) is 58.6 Å². The molecule has 108 valence electrons. The first-order valence-corrected chi connectivity index (χ1v) is 5.78. The number of amides is 2. The molecule has 1 aliphatic rings. The molecule has 1 heterocycles. The number of anilines is 2. The molecule has 5 nitrogen and oxygen atoms in total. The van der Waals surface area contributed by atoms with Crippen LogP contribution < -0.4 is 15.0 Å². The smallest absolute Gasteiger partial charge is 0.471 e. The van der Waals surface area contributed by atoms with Crippen molar-refractivity contribution < 1.29 is 27.5 Å².